The number of rotatable bonds is 2. The Morgan fingerprint density at radius 3 is 2.54 bits per heavy atom. The van der Waals surface area contributed by atoms with Gasteiger partial charge in [-0.1, -0.05) is 30.3 Å². The molecule has 1 saturated heterocycles. The van der Waals surface area contributed by atoms with Gasteiger partial charge >= 0.3 is 6.18 Å². The fourth-order valence-corrected chi connectivity index (χ4v) is 4.06. The van der Waals surface area contributed by atoms with Crippen LogP contribution in [0.25, 0.3) is 0 Å². The lowest BCUT2D eigenvalue weighted by Crippen LogP contribution is -2.40. The molecule has 6 heteroatoms. The summed E-state index contributed by atoms with van der Waals surface area (Å²) >= 11 is 0. The monoisotopic (exact) mass is 363 g/mol. The van der Waals surface area contributed by atoms with Crippen molar-refractivity contribution < 1.29 is 23.0 Å². The van der Waals surface area contributed by atoms with Crippen LogP contribution in [0.15, 0.2) is 48.5 Å². The number of fused-ring (bicyclic) bond motifs is 3. The molecule has 0 bridgehead atoms. The molecule has 0 amide bonds. The number of hydrogen-bond donors (Lipinski definition) is 2. The summed E-state index contributed by atoms with van der Waals surface area (Å²) in [6.45, 7) is -0.124. The Morgan fingerprint density at radius 1 is 1.08 bits per heavy atom. The molecule has 4 rings (SSSR count). The molecule has 0 saturated carbocycles. The lowest BCUT2D eigenvalue weighted by atomic mass is 9.76. The molecule has 0 aliphatic carbocycles. The quantitative estimate of drug-likeness (QED) is 0.813. The van der Waals surface area contributed by atoms with Gasteiger partial charge in [-0.25, -0.2) is 0 Å². The van der Waals surface area contributed by atoms with E-state index in [-0.39, 0.29) is 24.7 Å². The second-order valence-corrected chi connectivity index (χ2v) is 6.93. The van der Waals surface area contributed by atoms with E-state index < -0.39 is 17.8 Å². The molecule has 2 N–H and O–H groups in total. The number of aliphatic hydroxyl groups excluding tert-OH is 1. The summed E-state index contributed by atoms with van der Waals surface area (Å²) < 4.78 is 45.5. The molecule has 2 aromatic rings. The topological polar surface area (TPSA) is 41.5 Å². The third kappa shape index (κ3) is 3.08. The minimum absolute atomic E-state index is 0.0104. The molecule has 0 radical (unpaired) electrons. The Hall–Kier alpha value is -2.05. The summed E-state index contributed by atoms with van der Waals surface area (Å²) in [5.74, 6) is 0.0104. The van der Waals surface area contributed by atoms with E-state index in [1.165, 1.54) is 12.1 Å². The van der Waals surface area contributed by atoms with E-state index >= 15 is 0 Å². The van der Waals surface area contributed by atoms with Gasteiger partial charge in [-0.3, -0.25) is 0 Å². The Morgan fingerprint density at radius 2 is 1.85 bits per heavy atom. The molecule has 2 aromatic carbocycles. The molecule has 2 aliphatic heterocycles. The Kier molecular flexibility index (Phi) is 4.40. The Labute approximate surface area is 149 Å². The highest BCUT2D eigenvalue weighted by atomic mass is 19.4. The molecule has 2 heterocycles. The summed E-state index contributed by atoms with van der Waals surface area (Å²) in [7, 11) is 0. The van der Waals surface area contributed by atoms with E-state index in [1.54, 1.807) is 0 Å². The summed E-state index contributed by atoms with van der Waals surface area (Å²) in [4.78, 5) is 0. The van der Waals surface area contributed by atoms with Crippen LogP contribution in [-0.4, -0.2) is 17.8 Å². The number of benzene rings is 2. The van der Waals surface area contributed by atoms with Crippen LogP contribution in [-0.2, 0) is 10.9 Å². The lowest BCUT2D eigenvalue weighted by molar-refractivity contribution is -0.138. The van der Waals surface area contributed by atoms with E-state index in [4.69, 9.17) is 4.74 Å². The fourth-order valence-electron chi connectivity index (χ4n) is 4.06. The zero-order chi connectivity index (χ0) is 18.3. The molecule has 3 unspecified atom stereocenters. The summed E-state index contributed by atoms with van der Waals surface area (Å²) in [5.41, 5.74) is 1.59. The molecule has 1 fully saturated rings. The van der Waals surface area contributed by atoms with Crippen LogP contribution in [0.5, 0.6) is 0 Å². The number of nitrogens with one attached hydrogen (secondary N) is 1. The number of ether oxygens (including phenoxy) is 1. The first-order valence-corrected chi connectivity index (χ1v) is 8.76. The van der Waals surface area contributed by atoms with Crippen molar-refractivity contribution in [2.45, 2.75) is 37.3 Å². The Balaban J connectivity index is 1.77. The van der Waals surface area contributed by atoms with Crippen molar-refractivity contribution >= 4 is 5.69 Å². The predicted octanol–water partition coefficient (Wildman–Crippen LogP) is 4.70. The highest BCUT2D eigenvalue weighted by Crippen LogP contribution is 2.51. The number of hydrogen-bond acceptors (Lipinski definition) is 3. The van der Waals surface area contributed by atoms with Gasteiger partial charge in [0.25, 0.3) is 0 Å². The van der Waals surface area contributed by atoms with Crippen molar-refractivity contribution in [3.05, 3.63) is 65.2 Å². The van der Waals surface area contributed by atoms with E-state index in [0.29, 0.717) is 17.7 Å². The molecule has 138 valence electrons. The zero-order valence-electron chi connectivity index (χ0n) is 14.0. The van der Waals surface area contributed by atoms with Gasteiger partial charge in [0, 0.05) is 17.2 Å². The fraction of sp³-hybridized carbons (Fsp3) is 0.400. The Bertz CT molecular complexity index is 778. The van der Waals surface area contributed by atoms with Crippen molar-refractivity contribution in [1.29, 1.82) is 0 Å². The number of anilines is 1. The molecule has 2 aliphatic rings. The highest BCUT2D eigenvalue weighted by Gasteiger charge is 2.43. The lowest BCUT2D eigenvalue weighted by Gasteiger charge is -2.45. The maximum absolute atomic E-state index is 13.2. The van der Waals surface area contributed by atoms with Gasteiger partial charge in [0.05, 0.1) is 30.4 Å². The standard InChI is InChI=1S/C20H20F3NO2/c21-20(22,23)13-6-9-17-16(10-13)19-15(8-7-14(11-25)26-19)18(24-17)12-4-2-1-3-5-12/h1-6,9-10,14-15,18-19,24-25H,7-8,11H2/t14?,15-,18?,19?/m0/s1. The zero-order valence-corrected chi connectivity index (χ0v) is 14.0. The minimum atomic E-state index is -4.40. The first-order chi connectivity index (χ1) is 12.5. The van der Waals surface area contributed by atoms with Crippen LogP contribution in [0.2, 0.25) is 0 Å². The van der Waals surface area contributed by atoms with Crippen molar-refractivity contribution in [1.82, 2.24) is 0 Å². The summed E-state index contributed by atoms with van der Waals surface area (Å²) in [5, 5.41) is 12.9. The first kappa shape index (κ1) is 17.4. The van der Waals surface area contributed by atoms with Gasteiger partial charge in [-0.15, -0.1) is 0 Å². The van der Waals surface area contributed by atoms with Crippen molar-refractivity contribution in [3.8, 4) is 0 Å². The molecule has 26 heavy (non-hydrogen) atoms. The van der Waals surface area contributed by atoms with Gasteiger partial charge in [0.1, 0.15) is 0 Å². The van der Waals surface area contributed by atoms with Gasteiger partial charge in [0.15, 0.2) is 0 Å². The van der Waals surface area contributed by atoms with Crippen molar-refractivity contribution in [2.24, 2.45) is 5.92 Å². The van der Waals surface area contributed by atoms with Crippen LogP contribution in [0.1, 0.15) is 41.7 Å². The SMILES string of the molecule is OCC1CC[C@H]2C(c3ccccc3)Nc3ccc(C(F)(F)F)cc3C2O1. The third-order valence-corrected chi connectivity index (χ3v) is 5.34. The largest absolute Gasteiger partial charge is 0.416 e. The normalized spacial score (nSPS) is 28.0. The number of aliphatic hydroxyl groups is 1. The van der Waals surface area contributed by atoms with Crippen LogP contribution in [0, 0.1) is 5.92 Å². The maximum atomic E-state index is 13.2. The van der Waals surface area contributed by atoms with Crippen LogP contribution in [0.3, 0.4) is 0 Å². The predicted molar refractivity (Wildman–Crippen MR) is 91.7 cm³/mol. The number of halogens is 3. The average molecular weight is 363 g/mol. The highest BCUT2D eigenvalue weighted by molar-refractivity contribution is 5.58. The van der Waals surface area contributed by atoms with Crippen LogP contribution in [0.4, 0.5) is 18.9 Å². The molecule has 4 atom stereocenters. The van der Waals surface area contributed by atoms with Crippen molar-refractivity contribution in [3.63, 3.8) is 0 Å². The second kappa shape index (κ2) is 6.59. The molecular formula is C20H20F3NO2. The smallest absolute Gasteiger partial charge is 0.394 e. The molecule has 3 nitrogen and oxygen atoms in total. The minimum Gasteiger partial charge on any atom is -0.394 e. The van der Waals surface area contributed by atoms with E-state index in [2.05, 4.69) is 5.32 Å². The van der Waals surface area contributed by atoms with E-state index in [1.807, 2.05) is 30.3 Å². The van der Waals surface area contributed by atoms with Gasteiger partial charge in [-0.2, -0.15) is 13.2 Å². The second-order valence-electron chi connectivity index (χ2n) is 6.93. The molecule has 0 aromatic heterocycles. The van der Waals surface area contributed by atoms with Crippen LogP contribution >= 0.6 is 0 Å². The van der Waals surface area contributed by atoms with Crippen molar-refractivity contribution in [2.75, 3.05) is 11.9 Å². The third-order valence-electron chi connectivity index (χ3n) is 5.34. The van der Waals surface area contributed by atoms with Gasteiger partial charge < -0.3 is 15.2 Å². The van der Waals surface area contributed by atoms with E-state index in [9.17, 15) is 18.3 Å². The average Bonchev–Trinajstić information content (AvgIpc) is 2.66. The summed E-state index contributed by atoms with van der Waals surface area (Å²) in [6, 6.07) is 13.6. The molecular weight excluding hydrogens is 343 g/mol. The molecule has 0 spiro atoms. The summed E-state index contributed by atoms with van der Waals surface area (Å²) in [6.07, 6.45) is -3.74. The van der Waals surface area contributed by atoms with Gasteiger partial charge in [-0.05, 0) is 36.6 Å². The van der Waals surface area contributed by atoms with Crippen LogP contribution < -0.4 is 5.32 Å². The number of alkyl halides is 3. The first-order valence-electron chi connectivity index (χ1n) is 8.76. The van der Waals surface area contributed by atoms with Gasteiger partial charge in [0.2, 0.25) is 0 Å². The van der Waals surface area contributed by atoms with E-state index in [0.717, 1.165) is 18.1 Å². The maximum Gasteiger partial charge on any atom is 0.416 e.